The molecule has 0 saturated carbocycles. The largest absolute Gasteiger partial charge is 0.480 e. The molecule has 1 aromatic carbocycles. The van der Waals surface area contributed by atoms with Crippen LogP contribution in [0.2, 0.25) is 0 Å². The molecule has 0 bridgehead atoms. The number of carboxylic acid groups (broad SMARTS) is 1. The molecule has 98 valence electrons. The maximum atomic E-state index is 11.7. The van der Waals surface area contributed by atoms with Crippen molar-refractivity contribution in [2.24, 2.45) is 0 Å². The van der Waals surface area contributed by atoms with Gasteiger partial charge in [-0.2, -0.15) is 0 Å². The fourth-order valence-corrected chi connectivity index (χ4v) is 2.64. The molecule has 0 amide bonds. The minimum atomic E-state index is -0.844. The predicted octanol–water partition coefficient (Wildman–Crippen LogP) is 2.39. The molecule has 0 spiro atoms. The van der Waals surface area contributed by atoms with E-state index in [2.05, 4.69) is 26.1 Å². The van der Waals surface area contributed by atoms with Crippen molar-refractivity contribution in [1.29, 1.82) is 0 Å². The van der Waals surface area contributed by atoms with Crippen LogP contribution in [0.3, 0.4) is 0 Å². The summed E-state index contributed by atoms with van der Waals surface area (Å²) < 4.78 is 0. The van der Waals surface area contributed by atoms with Gasteiger partial charge in [0, 0.05) is 18.4 Å². The Hall–Kier alpha value is -1.35. The molecule has 0 saturated heterocycles. The van der Waals surface area contributed by atoms with Gasteiger partial charge in [0.2, 0.25) is 0 Å². The zero-order chi connectivity index (χ0) is 13.4. The normalized spacial score (nSPS) is 17.5. The number of carboxylic acids is 1. The molecule has 0 atom stereocenters. The lowest BCUT2D eigenvalue weighted by Crippen LogP contribution is -2.60. The van der Waals surface area contributed by atoms with Gasteiger partial charge in [-0.15, -0.1) is 0 Å². The third-order valence-corrected chi connectivity index (χ3v) is 3.97. The Morgan fingerprint density at radius 3 is 2.22 bits per heavy atom. The van der Waals surface area contributed by atoms with Crippen LogP contribution in [-0.4, -0.2) is 22.2 Å². The highest BCUT2D eigenvalue weighted by Gasteiger charge is 2.46. The molecule has 1 aliphatic carbocycles. The SMILES string of the molecule is CCC(C)(C)NC1(C(=O)O)Cc2ccccc2C1. The third kappa shape index (κ3) is 2.27. The summed E-state index contributed by atoms with van der Waals surface area (Å²) in [5, 5.41) is 13.0. The summed E-state index contributed by atoms with van der Waals surface area (Å²) in [6.45, 7) is 6.19. The summed E-state index contributed by atoms with van der Waals surface area (Å²) in [7, 11) is 0. The van der Waals surface area contributed by atoms with Gasteiger partial charge < -0.3 is 5.11 Å². The minimum Gasteiger partial charge on any atom is -0.480 e. The highest BCUT2D eigenvalue weighted by Crippen LogP contribution is 2.32. The second kappa shape index (κ2) is 4.39. The van der Waals surface area contributed by atoms with Crippen LogP contribution in [0.15, 0.2) is 24.3 Å². The van der Waals surface area contributed by atoms with E-state index in [0.717, 1.165) is 17.5 Å². The van der Waals surface area contributed by atoms with Gasteiger partial charge in [0.1, 0.15) is 5.54 Å². The van der Waals surface area contributed by atoms with E-state index < -0.39 is 11.5 Å². The van der Waals surface area contributed by atoms with Crippen molar-refractivity contribution in [1.82, 2.24) is 5.32 Å². The standard InChI is InChI=1S/C15H21NO2/c1-4-14(2,3)16-15(13(17)18)9-11-7-5-6-8-12(11)10-15/h5-8,16H,4,9-10H2,1-3H3,(H,17,18). The van der Waals surface area contributed by atoms with E-state index in [4.69, 9.17) is 0 Å². The number of hydrogen-bond acceptors (Lipinski definition) is 2. The molecule has 3 heteroatoms. The lowest BCUT2D eigenvalue weighted by Gasteiger charge is -2.36. The van der Waals surface area contributed by atoms with Gasteiger partial charge in [-0.1, -0.05) is 31.2 Å². The first-order valence-corrected chi connectivity index (χ1v) is 6.48. The molecule has 0 fully saturated rings. The van der Waals surface area contributed by atoms with Crippen molar-refractivity contribution in [2.75, 3.05) is 0 Å². The van der Waals surface area contributed by atoms with Gasteiger partial charge >= 0.3 is 5.97 Å². The van der Waals surface area contributed by atoms with Crippen LogP contribution >= 0.6 is 0 Å². The van der Waals surface area contributed by atoms with Crippen molar-refractivity contribution in [3.05, 3.63) is 35.4 Å². The van der Waals surface area contributed by atoms with E-state index in [9.17, 15) is 9.90 Å². The smallest absolute Gasteiger partial charge is 0.324 e. The van der Waals surface area contributed by atoms with Crippen LogP contribution in [0, 0.1) is 0 Å². The molecule has 3 nitrogen and oxygen atoms in total. The van der Waals surface area contributed by atoms with Gasteiger partial charge in [0.05, 0.1) is 0 Å². The molecule has 0 heterocycles. The summed E-state index contributed by atoms with van der Waals surface area (Å²) >= 11 is 0. The lowest BCUT2D eigenvalue weighted by molar-refractivity contribution is -0.145. The van der Waals surface area contributed by atoms with Crippen LogP contribution < -0.4 is 5.32 Å². The van der Waals surface area contributed by atoms with E-state index in [1.807, 2.05) is 24.3 Å². The molecule has 0 aliphatic heterocycles. The molecule has 18 heavy (non-hydrogen) atoms. The monoisotopic (exact) mass is 247 g/mol. The first-order valence-electron chi connectivity index (χ1n) is 6.48. The molecule has 0 radical (unpaired) electrons. The second-order valence-electron chi connectivity index (χ2n) is 5.87. The molecule has 1 aromatic rings. The fraction of sp³-hybridized carbons (Fsp3) is 0.533. The number of benzene rings is 1. The Kier molecular flexibility index (Phi) is 3.20. The number of hydrogen-bond donors (Lipinski definition) is 2. The van der Waals surface area contributed by atoms with Gasteiger partial charge in [-0.3, -0.25) is 10.1 Å². The van der Waals surface area contributed by atoms with E-state index in [1.165, 1.54) is 0 Å². The number of nitrogens with one attached hydrogen (secondary N) is 1. The van der Waals surface area contributed by atoms with E-state index in [0.29, 0.717) is 12.8 Å². The zero-order valence-electron chi connectivity index (χ0n) is 11.3. The second-order valence-corrected chi connectivity index (χ2v) is 5.87. The predicted molar refractivity (Wildman–Crippen MR) is 71.7 cm³/mol. The summed E-state index contributed by atoms with van der Waals surface area (Å²) in [5.41, 5.74) is 1.29. The van der Waals surface area contributed by atoms with Gasteiger partial charge in [-0.25, -0.2) is 0 Å². The third-order valence-electron chi connectivity index (χ3n) is 3.97. The topological polar surface area (TPSA) is 49.3 Å². The van der Waals surface area contributed by atoms with Crippen LogP contribution in [0.25, 0.3) is 0 Å². The summed E-state index contributed by atoms with van der Waals surface area (Å²) in [4.78, 5) is 11.7. The number of fused-ring (bicyclic) bond motifs is 1. The molecule has 1 aliphatic rings. The van der Waals surface area contributed by atoms with Crippen LogP contribution in [0.1, 0.15) is 38.3 Å². The zero-order valence-corrected chi connectivity index (χ0v) is 11.3. The molecule has 2 rings (SSSR count). The number of carbonyl (C=O) groups is 1. The molecular weight excluding hydrogens is 226 g/mol. The Morgan fingerprint density at radius 1 is 1.33 bits per heavy atom. The van der Waals surface area contributed by atoms with E-state index in [1.54, 1.807) is 0 Å². The molecule has 2 N–H and O–H groups in total. The first-order chi connectivity index (χ1) is 8.38. The Balaban J connectivity index is 2.31. The van der Waals surface area contributed by atoms with E-state index in [-0.39, 0.29) is 5.54 Å². The molecule has 0 unspecified atom stereocenters. The van der Waals surface area contributed by atoms with Gasteiger partial charge in [-0.05, 0) is 31.4 Å². The van der Waals surface area contributed by atoms with Gasteiger partial charge in [0.25, 0.3) is 0 Å². The number of aliphatic carboxylic acids is 1. The van der Waals surface area contributed by atoms with Crippen LogP contribution in [-0.2, 0) is 17.6 Å². The van der Waals surface area contributed by atoms with Crippen molar-refractivity contribution in [3.63, 3.8) is 0 Å². The molecule has 0 aromatic heterocycles. The summed E-state index contributed by atoms with van der Waals surface area (Å²) in [5.74, 6) is -0.750. The fourth-order valence-electron chi connectivity index (χ4n) is 2.64. The highest BCUT2D eigenvalue weighted by atomic mass is 16.4. The van der Waals surface area contributed by atoms with Crippen molar-refractivity contribution < 1.29 is 9.90 Å². The average Bonchev–Trinajstić information content (AvgIpc) is 2.67. The van der Waals surface area contributed by atoms with Crippen molar-refractivity contribution in [2.45, 2.75) is 51.1 Å². The van der Waals surface area contributed by atoms with Crippen molar-refractivity contribution >= 4 is 5.97 Å². The Bertz CT molecular complexity index is 440. The Labute approximate surface area is 108 Å². The summed E-state index contributed by atoms with van der Waals surface area (Å²) in [6.07, 6.45) is 2.04. The summed E-state index contributed by atoms with van der Waals surface area (Å²) in [6, 6.07) is 8.00. The molecular formula is C15H21NO2. The Morgan fingerprint density at radius 2 is 1.83 bits per heavy atom. The maximum Gasteiger partial charge on any atom is 0.324 e. The number of rotatable bonds is 4. The first kappa shape index (κ1) is 13.1. The average molecular weight is 247 g/mol. The van der Waals surface area contributed by atoms with Crippen LogP contribution in [0.5, 0.6) is 0 Å². The van der Waals surface area contributed by atoms with Gasteiger partial charge in [0.15, 0.2) is 0 Å². The van der Waals surface area contributed by atoms with Crippen LogP contribution in [0.4, 0.5) is 0 Å². The lowest BCUT2D eigenvalue weighted by atomic mass is 9.90. The quantitative estimate of drug-likeness (QED) is 0.859. The van der Waals surface area contributed by atoms with Crippen molar-refractivity contribution in [3.8, 4) is 0 Å². The highest BCUT2D eigenvalue weighted by molar-refractivity contribution is 5.81. The minimum absolute atomic E-state index is 0.166. The van der Waals surface area contributed by atoms with E-state index >= 15 is 0 Å². The maximum absolute atomic E-state index is 11.7.